The molecule has 0 fully saturated rings. The predicted octanol–water partition coefficient (Wildman–Crippen LogP) is 7.68. The molecule has 0 aliphatic rings. The van der Waals surface area contributed by atoms with Crippen LogP contribution in [-0.2, 0) is 6.42 Å². The fourth-order valence-electron chi connectivity index (χ4n) is 3.05. The Balaban J connectivity index is 1.85. The molecule has 0 aliphatic heterocycles. The van der Waals surface area contributed by atoms with Gasteiger partial charge < -0.3 is 0 Å². The van der Waals surface area contributed by atoms with Crippen molar-refractivity contribution in [3.8, 4) is 22.3 Å². The summed E-state index contributed by atoms with van der Waals surface area (Å²) in [6.45, 7) is 2.12. The fourth-order valence-corrected chi connectivity index (χ4v) is 3.18. The van der Waals surface area contributed by atoms with Crippen molar-refractivity contribution >= 4 is 11.6 Å². The molecule has 0 heterocycles. The number of aryl methyl sites for hydroxylation is 1. The van der Waals surface area contributed by atoms with E-state index in [9.17, 15) is 8.78 Å². The van der Waals surface area contributed by atoms with E-state index < -0.39 is 0 Å². The average molecular weight is 371 g/mol. The minimum atomic E-state index is -0.365. The standard InChI is InChI=1S/C23H21ClF2/c1-2-3-4-5-17-6-7-19(15-22(17)25)21-13-10-18(14-23(21)26)16-8-11-20(24)12-9-16/h6-15H,2-5H2,1H3. The Bertz CT molecular complexity index is 885. The molecule has 0 atom stereocenters. The highest BCUT2D eigenvalue weighted by molar-refractivity contribution is 6.30. The Morgan fingerprint density at radius 1 is 0.731 bits per heavy atom. The molecule has 0 spiro atoms. The highest BCUT2D eigenvalue weighted by Crippen LogP contribution is 2.30. The van der Waals surface area contributed by atoms with E-state index in [1.165, 1.54) is 12.1 Å². The van der Waals surface area contributed by atoms with E-state index >= 15 is 0 Å². The van der Waals surface area contributed by atoms with Crippen molar-refractivity contribution in [2.75, 3.05) is 0 Å². The zero-order chi connectivity index (χ0) is 18.5. The summed E-state index contributed by atoms with van der Waals surface area (Å²) >= 11 is 5.89. The van der Waals surface area contributed by atoms with Gasteiger partial charge in [0.05, 0.1) is 0 Å². The van der Waals surface area contributed by atoms with Crippen molar-refractivity contribution in [1.29, 1.82) is 0 Å². The molecular formula is C23H21ClF2. The predicted molar refractivity (Wildman–Crippen MR) is 105 cm³/mol. The van der Waals surface area contributed by atoms with E-state index in [4.69, 9.17) is 11.6 Å². The fraction of sp³-hybridized carbons (Fsp3) is 0.217. The van der Waals surface area contributed by atoms with Crippen LogP contribution in [0.2, 0.25) is 5.02 Å². The van der Waals surface area contributed by atoms with E-state index in [2.05, 4.69) is 6.92 Å². The van der Waals surface area contributed by atoms with Crippen LogP contribution in [-0.4, -0.2) is 0 Å². The maximum absolute atomic E-state index is 14.6. The number of unbranched alkanes of at least 4 members (excludes halogenated alkanes) is 2. The first kappa shape index (κ1) is 18.6. The summed E-state index contributed by atoms with van der Waals surface area (Å²) in [4.78, 5) is 0. The van der Waals surface area contributed by atoms with Gasteiger partial charge in [-0.25, -0.2) is 8.78 Å². The number of rotatable bonds is 6. The summed E-state index contributed by atoms with van der Waals surface area (Å²) < 4.78 is 29.0. The SMILES string of the molecule is CCCCCc1ccc(-c2ccc(-c3ccc(Cl)cc3)cc2F)cc1F. The normalized spacial score (nSPS) is 10.9. The second-order valence-corrected chi connectivity index (χ2v) is 6.90. The maximum Gasteiger partial charge on any atom is 0.131 e. The van der Waals surface area contributed by atoms with Crippen LogP contribution in [0.3, 0.4) is 0 Å². The molecule has 0 N–H and O–H groups in total. The zero-order valence-corrected chi connectivity index (χ0v) is 15.5. The number of hydrogen-bond donors (Lipinski definition) is 0. The molecule has 3 aromatic rings. The van der Waals surface area contributed by atoms with Gasteiger partial charge in [0, 0.05) is 10.6 Å². The third-order valence-corrected chi connectivity index (χ3v) is 4.81. The molecule has 3 heteroatoms. The van der Waals surface area contributed by atoms with Gasteiger partial charge in [-0.3, -0.25) is 0 Å². The Kier molecular flexibility index (Phi) is 6.05. The van der Waals surface area contributed by atoms with Crippen molar-refractivity contribution in [3.05, 3.63) is 82.9 Å². The van der Waals surface area contributed by atoms with Gasteiger partial charge in [-0.1, -0.05) is 67.8 Å². The van der Waals surface area contributed by atoms with Gasteiger partial charge in [-0.15, -0.1) is 0 Å². The molecule has 0 saturated carbocycles. The Morgan fingerprint density at radius 2 is 1.38 bits per heavy atom. The topological polar surface area (TPSA) is 0 Å². The van der Waals surface area contributed by atoms with Crippen molar-refractivity contribution < 1.29 is 8.78 Å². The van der Waals surface area contributed by atoms with Crippen molar-refractivity contribution in [1.82, 2.24) is 0 Å². The second-order valence-electron chi connectivity index (χ2n) is 6.46. The van der Waals surface area contributed by atoms with Crippen LogP contribution in [0, 0.1) is 11.6 Å². The molecule has 3 aromatic carbocycles. The first-order valence-electron chi connectivity index (χ1n) is 8.93. The quantitative estimate of drug-likeness (QED) is 0.390. The van der Waals surface area contributed by atoms with E-state index in [1.807, 2.05) is 18.2 Å². The molecule has 0 saturated heterocycles. The highest BCUT2D eigenvalue weighted by Gasteiger charge is 2.10. The lowest BCUT2D eigenvalue weighted by Crippen LogP contribution is -1.93. The van der Waals surface area contributed by atoms with Crippen molar-refractivity contribution in [3.63, 3.8) is 0 Å². The second kappa shape index (κ2) is 8.46. The minimum absolute atomic E-state index is 0.264. The Morgan fingerprint density at radius 3 is 2.04 bits per heavy atom. The molecule has 26 heavy (non-hydrogen) atoms. The third kappa shape index (κ3) is 4.31. The molecule has 0 aromatic heterocycles. The van der Waals surface area contributed by atoms with Crippen molar-refractivity contribution in [2.24, 2.45) is 0 Å². The van der Waals surface area contributed by atoms with E-state index in [1.54, 1.807) is 30.3 Å². The molecular weight excluding hydrogens is 350 g/mol. The molecule has 3 rings (SSSR count). The van der Waals surface area contributed by atoms with E-state index in [0.29, 0.717) is 21.7 Å². The van der Waals surface area contributed by atoms with Gasteiger partial charge in [0.1, 0.15) is 11.6 Å². The molecule has 0 amide bonds. The van der Waals surface area contributed by atoms with Crippen LogP contribution >= 0.6 is 11.6 Å². The lowest BCUT2D eigenvalue weighted by molar-refractivity contribution is 0.598. The Hall–Kier alpha value is -2.19. The number of benzene rings is 3. The molecule has 0 nitrogen and oxygen atoms in total. The van der Waals surface area contributed by atoms with Crippen LogP contribution in [0.25, 0.3) is 22.3 Å². The minimum Gasteiger partial charge on any atom is -0.207 e. The summed E-state index contributed by atoms with van der Waals surface area (Å²) in [5.41, 5.74) is 3.31. The largest absolute Gasteiger partial charge is 0.207 e. The Labute approximate surface area is 158 Å². The first-order chi connectivity index (χ1) is 12.6. The maximum atomic E-state index is 14.6. The zero-order valence-electron chi connectivity index (χ0n) is 14.7. The average Bonchev–Trinajstić information content (AvgIpc) is 2.64. The summed E-state index contributed by atoms with van der Waals surface area (Å²) in [7, 11) is 0. The van der Waals surface area contributed by atoms with Gasteiger partial charge in [0.2, 0.25) is 0 Å². The summed E-state index contributed by atoms with van der Waals surface area (Å²) in [6.07, 6.45) is 3.88. The van der Waals surface area contributed by atoms with Gasteiger partial charge >= 0.3 is 0 Å². The van der Waals surface area contributed by atoms with Crippen LogP contribution in [0.4, 0.5) is 8.78 Å². The summed E-state index contributed by atoms with van der Waals surface area (Å²) in [5, 5.41) is 0.639. The van der Waals surface area contributed by atoms with Gasteiger partial charge in [0.25, 0.3) is 0 Å². The monoisotopic (exact) mass is 370 g/mol. The third-order valence-electron chi connectivity index (χ3n) is 4.56. The van der Waals surface area contributed by atoms with Gasteiger partial charge in [-0.05, 0) is 59.4 Å². The van der Waals surface area contributed by atoms with Crippen LogP contribution in [0.15, 0.2) is 60.7 Å². The highest BCUT2D eigenvalue weighted by atomic mass is 35.5. The number of hydrogen-bond acceptors (Lipinski definition) is 0. The molecule has 0 radical (unpaired) electrons. The van der Waals surface area contributed by atoms with Gasteiger partial charge in [0.15, 0.2) is 0 Å². The lowest BCUT2D eigenvalue weighted by atomic mass is 9.97. The van der Waals surface area contributed by atoms with E-state index in [0.717, 1.165) is 36.8 Å². The van der Waals surface area contributed by atoms with Gasteiger partial charge in [-0.2, -0.15) is 0 Å². The van der Waals surface area contributed by atoms with Crippen LogP contribution in [0.1, 0.15) is 31.7 Å². The molecule has 0 bridgehead atoms. The molecule has 0 unspecified atom stereocenters. The molecule has 0 aliphatic carbocycles. The first-order valence-corrected chi connectivity index (χ1v) is 9.30. The molecule has 134 valence electrons. The van der Waals surface area contributed by atoms with Crippen LogP contribution in [0.5, 0.6) is 0 Å². The lowest BCUT2D eigenvalue weighted by Gasteiger charge is -2.09. The summed E-state index contributed by atoms with van der Waals surface area (Å²) in [6, 6.07) is 17.3. The smallest absolute Gasteiger partial charge is 0.131 e. The summed E-state index contributed by atoms with van der Waals surface area (Å²) in [5.74, 6) is -0.629. The van der Waals surface area contributed by atoms with Crippen LogP contribution < -0.4 is 0 Å². The number of halogens is 3. The van der Waals surface area contributed by atoms with Crippen molar-refractivity contribution in [2.45, 2.75) is 32.6 Å². The van der Waals surface area contributed by atoms with E-state index in [-0.39, 0.29) is 11.6 Å².